The van der Waals surface area contributed by atoms with Gasteiger partial charge in [-0.15, -0.1) is 12.4 Å². The number of ketones is 1. The fraction of sp³-hybridized carbons (Fsp3) is 0.556. The highest BCUT2D eigenvalue weighted by Crippen LogP contribution is 2.14. The van der Waals surface area contributed by atoms with Crippen LogP contribution in [0, 0.1) is 0 Å². The Kier molecular flexibility index (Phi) is 10.1. The molecule has 0 aliphatic carbocycles. The fourth-order valence-electron chi connectivity index (χ4n) is 2.60. The van der Waals surface area contributed by atoms with Crippen molar-refractivity contribution in [1.82, 2.24) is 15.5 Å². The number of carbonyl (C=O) groups is 2. The number of hydrogen-bond acceptors (Lipinski definition) is 5. The Balaban J connectivity index is 0.00000312. The normalized spacial score (nSPS) is 14.4. The number of piperazine rings is 1. The van der Waals surface area contributed by atoms with Gasteiger partial charge in [-0.3, -0.25) is 14.5 Å². The first-order valence-electron chi connectivity index (χ1n) is 8.59. The second-order valence-corrected chi connectivity index (χ2v) is 5.98. The molecule has 1 heterocycles. The maximum absolute atomic E-state index is 11.8. The van der Waals surface area contributed by atoms with Crippen LogP contribution in [0.4, 0.5) is 0 Å². The van der Waals surface area contributed by atoms with Crippen molar-refractivity contribution in [3.8, 4) is 5.75 Å². The number of ether oxygens (including phenoxy) is 1. The number of benzene rings is 1. The minimum absolute atomic E-state index is 0. The average molecular weight is 370 g/mol. The van der Waals surface area contributed by atoms with Gasteiger partial charge in [-0.2, -0.15) is 0 Å². The molecule has 7 heteroatoms. The van der Waals surface area contributed by atoms with Crippen molar-refractivity contribution in [2.45, 2.75) is 19.8 Å². The Morgan fingerprint density at radius 1 is 1.28 bits per heavy atom. The number of amides is 1. The summed E-state index contributed by atoms with van der Waals surface area (Å²) in [5.41, 5.74) is 0.637. The van der Waals surface area contributed by atoms with E-state index in [1.165, 1.54) is 6.92 Å². The van der Waals surface area contributed by atoms with Crippen molar-refractivity contribution in [3.05, 3.63) is 29.8 Å². The van der Waals surface area contributed by atoms with Crippen LogP contribution in [0.3, 0.4) is 0 Å². The van der Waals surface area contributed by atoms with Gasteiger partial charge in [0.25, 0.3) is 0 Å². The second kappa shape index (κ2) is 11.8. The number of hydrogen-bond donors (Lipinski definition) is 2. The lowest BCUT2D eigenvalue weighted by molar-refractivity contribution is -0.121. The summed E-state index contributed by atoms with van der Waals surface area (Å²) >= 11 is 0. The summed E-state index contributed by atoms with van der Waals surface area (Å²) in [6, 6.07) is 7.12. The van der Waals surface area contributed by atoms with Crippen LogP contribution >= 0.6 is 12.4 Å². The largest absolute Gasteiger partial charge is 0.494 e. The van der Waals surface area contributed by atoms with Crippen molar-refractivity contribution in [1.29, 1.82) is 0 Å². The highest BCUT2D eigenvalue weighted by atomic mass is 35.5. The van der Waals surface area contributed by atoms with Crippen molar-refractivity contribution in [2.75, 3.05) is 45.9 Å². The second-order valence-electron chi connectivity index (χ2n) is 5.98. The van der Waals surface area contributed by atoms with Crippen LogP contribution < -0.4 is 15.4 Å². The van der Waals surface area contributed by atoms with E-state index >= 15 is 0 Å². The Hall–Kier alpha value is -1.63. The summed E-state index contributed by atoms with van der Waals surface area (Å²) in [7, 11) is 0. The van der Waals surface area contributed by atoms with Crippen molar-refractivity contribution >= 4 is 24.1 Å². The number of nitrogens with zero attached hydrogens (tertiary/aromatic N) is 1. The van der Waals surface area contributed by atoms with E-state index < -0.39 is 0 Å². The molecule has 0 aromatic heterocycles. The third-order valence-corrected chi connectivity index (χ3v) is 4.02. The van der Waals surface area contributed by atoms with Gasteiger partial charge in [0.2, 0.25) is 5.91 Å². The van der Waals surface area contributed by atoms with Gasteiger partial charge >= 0.3 is 0 Å². The quantitative estimate of drug-likeness (QED) is 0.510. The molecule has 2 rings (SSSR count). The number of nitrogens with one attached hydrogen (secondary N) is 2. The fourth-order valence-corrected chi connectivity index (χ4v) is 2.60. The van der Waals surface area contributed by atoms with E-state index in [9.17, 15) is 9.59 Å². The standard InChI is InChI=1S/C18H27N3O3.ClH/c1-15(22)16-4-2-5-17(14-16)24-13-3-6-18(23)20-9-12-21-10-7-19-8-11-21;/h2,4-5,14,19H,3,6-13H2,1H3,(H,20,23);1H. The zero-order valence-corrected chi connectivity index (χ0v) is 15.6. The van der Waals surface area contributed by atoms with Crippen LogP contribution in [0.1, 0.15) is 30.1 Å². The van der Waals surface area contributed by atoms with E-state index in [0.29, 0.717) is 37.3 Å². The average Bonchev–Trinajstić information content (AvgIpc) is 2.60. The maximum Gasteiger partial charge on any atom is 0.220 e. The summed E-state index contributed by atoms with van der Waals surface area (Å²) in [6.07, 6.45) is 1.11. The molecule has 1 amide bonds. The molecule has 1 fully saturated rings. The van der Waals surface area contributed by atoms with Gasteiger partial charge < -0.3 is 15.4 Å². The molecule has 1 aliphatic rings. The molecular formula is C18H28ClN3O3. The first-order valence-corrected chi connectivity index (χ1v) is 8.59. The van der Waals surface area contributed by atoms with E-state index in [1.54, 1.807) is 18.2 Å². The van der Waals surface area contributed by atoms with Crippen molar-refractivity contribution in [2.24, 2.45) is 0 Å². The molecule has 0 unspecified atom stereocenters. The molecular weight excluding hydrogens is 342 g/mol. The summed E-state index contributed by atoms with van der Waals surface area (Å²) in [6.45, 7) is 7.73. The Labute approximate surface area is 155 Å². The minimum Gasteiger partial charge on any atom is -0.494 e. The molecule has 0 spiro atoms. The van der Waals surface area contributed by atoms with E-state index in [0.717, 1.165) is 32.7 Å². The minimum atomic E-state index is 0. The monoisotopic (exact) mass is 369 g/mol. The zero-order valence-electron chi connectivity index (χ0n) is 14.8. The first-order chi connectivity index (χ1) is 11.6. The summed E-state index contributed by atoms with van der Waals surface area (Å²) in [5.74, 6) is 0.748. The van der Waals surface area contributed by atoms with Crippen LogP contribution in [-0.4, -0.2) is 62.5 Å². The molecule has 140 valence electrons. The van der Waals surface area contributed by atoms with E-state index in [4.69, 9.17) is 4.74 Å². The summed E-state index contributed by atoms with van der Waals surface area (Å²) in [4.78, 5) is 25.5. The predicted molar refractivity (Wildman–Crippen MR) is 101 cm³/mol. The molecule has 25 heavy (non-hydrogen) atoms. The summed E-state index contributed by atoms with van der Waals surface area (Å²) < 4.78 is 5.60. The van der Waals surface area contributed by atoms with Crippen LogP contribution in [0.5, 0.6) is 5.75 Å². The van der Waals surface area contributed by atoms with Gasteiger partial charge in [0, 0.05) is 51.3 Å². The lowest BCUT2D eigenvalue weighted by atomic mass is 10.1. The maximum atomic E-state index is 11.8. The molecule has 2 N–H and O–H groups in total. The van der Waals surface area contributed by atoms with E-state index in [2.05, 4.69) is 15.5 Å². The first kappa shape index (κ1) is 21.4. The third kappa shape index (κ3) is 8.34. The van der Waals surface area contributed by atoms with Crippen LogP contribution in [0.2, 0.25) is 0 Å². The molecule has 0 bridgehead atoms. The SMILES string of the molecule is CC(=O)c1cccc(OCCCC(=O)NCCN2CCNCC2)c1.Cl. The molecule has 1 aromatic rings. The van der Waals surface area contributed by atoms with Crippen molar-refractivity contribution in [3.63, 3.8) is 0 Å². The van der Waals surface area contributed by atoms with Gasteiger partial charge in [-0.25, -0.2) is 0 Å². The lowest BCUT2D eigenvalue weighted by Gasteiger charge is -2.27. The van der Waals surface area contributed by atoms with Gasteiger partial charge in [-0.1, -0.05) is 12.1 Å². The molecule has 1 aromatic carbocycles. The molecule has 0 saturated carbocycles. The summed E-state index contributed by atoms with van der Waals surface area (Å²) in [5, 5.41) is 6.26. The van der Waals surface area contributed by atoms with Gasteiger partial charge in [-0.05, 0) is 25.5 Å². The molecule has 0 atom stereocenters. The molecule has 1 saturated heterocycles. The Bertz CT molecular complexity index is 548. The van der Waals surface area contributed by atoms with Gasteiger partial charge in [0.05, 0.1) is 6.61 Å². The molecule has 6 nitrogen and oxygen atoms in total. The van der Waals surface area contributed by atoms with E-state index in [-0.39, 0.29) is 24.1 Å². The van der Waals surface area contributed by atoms with Crippen LogP contribution in [0.15, 0.2) is 24.3 Å². The van der Waals surface area contributed by atoms with Crippen LogP contribution in [-0.2, 0) is 4.79 Å². The van der Waals surface area contributed by atoms with E-state index in [1.807, 2.05) is 6.07 Å². The number of rotatable bonds is 9. The number of halogens is 1. The number of Topliss-reactive ketones (excluding diaryl/α,β-unsaturated/α-hetero) is 1. The predicted octanol–water partition coefficient (Wildman–Crippen LogP) is 1.49. The lowest BCUT2D eigenvalue weighted by Crippen LogP contribution is -2.46. The van der Waals surface area contributed by atoms with Gasteiger partial charge in [0.15, 0.2) is 5.78 Å². The molecule has 0 radical (unpaired) electrons. The third-order valence-electron chi connectivity index (χ3n) is 4.02. The topological polar surface area (TPSA) is 70.7 Å². The Morgan fingerprint density at radius 2 is 2.04 bits per heavy atom. The van der Waals surface area contributed by atoms with Crippen LogP contribution in [0.25, 0.3) is 0 Å². The zero-order chi connectivity index (χ0) is 17.2. The highest BCUT2D eigenvalue weighted by Gasteiger charge is 2.09. The highest BCUT2D eigenvalue weighted by molar-refractivity contribution is 5.94. The van der Waals surface area contributed by atoms with Gasteiger partial charge in [0.1, 0.15) is 5.75 Å². The molecule has 1 aliphatic heterocycles. The van der Waals surface area contributed by atoms with Crippen molar-refractivity contribution < 1.29 is 14.3 Å². The number of carbonyl (C=O) groups excluding carboxylic acids is 2. The Morgan fingerprint density at radius 3 is 2.76 bits per heavy atom. The smallest absolute Gasteiger partial charge is 0.220 e.